The summed E-state index contributed by atoms with van der Waals surface area (Å²) in [7, 11) is 0. The SMILES string of the molecule is C=CC(=O)OC(O)(CC(F)(F)F)c1ccccc1. The largest absolute Gasteiger partial charge is 0.425 e. The van der Waals surface area contributed by atoms with Crippen molar-refractivity contribution < 1.29 is 27.8 Å². The average molecular weight is 260 g/mol. The summed E-state index contributed by atoms with van der Waals surface area (Å²) in [5.74, 6) is -3.88. The van der Waals surface area contributed by atoms with Gasteiger partial charge in [0.05, 0.1) is 0 Å². The second-order valence-corrected chi connectivity index (χ2v) is 3.57. The Hall–Kier alpha value is -1.82. The Kier molecular flexibility index (Phi) is 4.13. The van der Waals surface area contributed by atoms with Crippen LogP contribution in [0.4, 0.5) is 13.2 Å². The first-order chi connectivity index (χ1) is 8.27. The highest BCUT2D eigenvalue weighted by molar-refractivity contribution is 5.81. The molecule has 1 rings (SSSR count). The van der Waals surface area contributed by atoms with Gasteiger partial charge in [-0.3, -0.25) is 0 Å². The topological polar surface area (TPSA) is 46.5 Å². The third-order valence-corrected chi connectivity index (χ3v) is 2.10. The van der Waals surface area contributed by atoms with E-state index in [0.29, 0.717) is 6.08 Å². The van der Waals surface area contributed by atoms with E-state index in [-0.39, 0.29) is 5.56 Å². The van der Waals surface area contributed by atoms with E-state index in [9.17, 15) is 23.1 Å². The fraction of sp³-hybridized carbons (Fsp3) is 0.250. The smallest absolute Gasteiger partial charge is 0.395 e. The van der Waals surface area contributed by atoms with Crippen molar-refractivity contribution in [3.63, 3.8) is 0 Å². The Morgan fingerprint density at radius 3 is 2.33 bits per heavy atom. The Morgan fingerprint density at radius 2 is 1.89 bits per heavy atom. The molecule has 0 aliphatic heterocycles. The Balaban J connectivity index is 3.09. The number of alkyl halides is 3. The van der Waals surface area contributed by atoms with Crippen LogP contribution in [0.5, 0.6) is 0 Å². The summed E-state index contributed by atoms with van der Waals surface area (Å²) in [5.41, 5.74) is -0.155. The third kappa shape index (κ3) is 3.89. The summed E-state index contributed by atoms with van der Waals surface area (Å²) in [6.45, 7) is 3.07. The van der Waals surface area contributed by atoms with E-state index >= 15 is 0 Å². The minimum atomic E-state index is -4.69. The predicted molar refractivity (Wildman–Crippen MR) is 57.3 cm³/mol. The molecule has 0 saturated heterocycles. The van der Waals surface area contributed by atoms with Crippen molar-refractivity contribution in [1.29, 1.82) is 0 Å². The summed E-state index contributed by atoms with van der Waals surface area (Å²) in [6, 6.07) is 6.90. The highest BCUT2D eigenvalue weighted by Crippen LogP contribution is 2.35. The van der Waals surface area contributed by atoms with Crippen LogP contribution in [0.2, 0.25) is 0 Å². The van der Waals surface area contributed by atoms with Crippen molar-refractivity contribution in [2.75, 3.05) is 0 Å². The summed E-state index contributed by atoms with van der Waals surface area (Å²) >= 11 is 0. The van der Waals surface area contributed by atoms with Gasteiger partial charge in [-0.2, -0.15) is 13.2 Å². The van der Waals surface area contributed by atoms with Gasteiger partial charge in [0, 0.05) is 11.6 Å². The van der Waals surface area contributed by atoms with E-state index in [4.69, 9.17) is 0 Å². The monoisotopic (exact) mass is 260 g/mol. The van der Waals surface area contributed by atoms with Crippen LogP contribution in [0.25, 0.3) is 0 Å². The zero-order chi connectivity index (χ0) is 13.8. The van der Waals surface area contributed by atoms with Crippen LogP contribution in [0.3, 0.4) is 0 Å². The predicted octanol–water partition coefficient (Wildman–Crippen LogP) is 2.51. The molecule has 1 unspecified atom stereocenters. The number of hydrogen-bond acceptors (Lipinski definition) is 3. The van der Waals surface area contributed by atoms with Gasteiger partial charge in [0.1, 0.15) is 6.42 Å². The maximum absolute atomic E-state index is 12.4. The third-order valence-electron chi connectivity index (χ3n) is 2.10. The lowest BCUT2D eigenvalue weighted by molar-refractivity contribution is -0.262. The summed E-state index contributed by atoms with van der Waals surface area (Å²) < 4.78 is 41.7. The zero-order valence-electron chi connectivity index (χ0n) is 9.28. The minimum absolute atomic E-state index is 0.155. The maximum atomic E-state index is 12.4. The molecule has 0 bridgehead atoms. The van der Waals surface area contributed by atoms with Crippen molar-refractivity contribution in [1.82, 2.24) is 0 Å². The molecule has 0 heterocycles. The Bertz CT molecular complexity index is 428. The summed E-state index contributed by atoms with van der Waals surface area (Å²) in [6.07, 6.45) is -5.69. The molecular weight excluding hydrogens is 249 g/mol. The molecule has 0 amide bonds. The van der Waals surface area contributed by atoms with Crippen LogP contribution >= 0.6 is 0 Å². The van der Waals surface area contributed by atoms with Crippen LogP contribution < -0.4 is 0 Å². The minimum Gasteiger partial charge on any atom is -0.425 e. The maximum Gasteiger partial charge on any atom is 0.395 e. The van der Waals surface area contributed by atoms with Crippen LogP contribution in [-0.2, 0) is 15.3 Å². The highest BCUT2D eigenvalue weighted by atomic mass is 19.4. The molecule has 1 aromatic rings. The van der Waals surface area contributed by atoms with E-state index in [1.54, 1.807) is 6.07 Å². The number of benzene rings is 1. The number of aliphatic hydroxyl groups is 1. The van der Waals surface area contributed by atoms with E-state index in [1.165, 1.54) is 24.3 Å². The molecule has 0 fully saturated rings. The number of halogens is 3. The number of carbonyl (C=O) groups is 1. The fourth-order valence-electron chi connectivity index (χ4n) is 1.38. The van der Waals surface area contributed by atoms with Gasteiger partial charge in [-0.1, -0.05) is 36.9 Å². The van der Waals surface area contributed by atoms with Crippen LogP contribution in [0, 0.1) is 0 Å². The van der Waals surface area contributed by atoms with Crippen molar-refractivity contribution >= 4 is 5.97 Å². The van der Waals surface area contributed by atoms with Gasteiger partial charge in [-0.05, 0) is 0 Å². The van der Waals surface area contributed by atoms with Crippen LogP contribution in [-0.4, -0.2) is 17.3 Å². The zero-order valence-corrected chi connectivity index (χ0v) is 9.28. The van der Waals surface area contributed by atoms with Gasteiger partial charge in [-0.15, -0.1) is 0 Å². The Labute approximate surface area is 101 Å². The molecule has 1 aromatic carbocycles. The molecular formula is C12H11F3O3. The number of ether oxygens (including phenoxy) is 1. The molecule has 0 radical (unpaired) electrons. The molecule has 1 atom stereocenters. The number of rotatable bonds is 4. The average Bonchev–Trinajstić information content (AvgIpc) is 2.27. The first kappa shape index (κ1) is 14.2. The molecule has 3 nitrogen and oxygen atoms in total. The van der Waals surface area contributed by atoms with Gasteiger partial charge < -0.3 is 9.84 Å². The highest BCUT2D eigenvalue weighted by Gasteiger charge is 2.45. The van der Waals surface area contributed by atoms with Gasteiger partial charge in [0.25, 0.3) is 0 Å². The van der Waals surface area contributed by atoms with Crippen molar-refractivity contribution in [2.24, 2.45) is 0 Å². The first-order valence-electron chi connectivity index (χ1n) is 4.97. The molecule has 18 heavy (non-hydrogen) atoms. The standard InChI is InChI=1S/C12H11F3O3/c1-2-10(16)18-11(17,8-12(13,14)15)9-6-4-3-5-7-9/h2-7,17H,1,8H2. The Morgan fingerprint density at radius 1 is 1.33 bits per heavy atom. The second kappa shape index (κ2) is 5.22. The molecule has 6 heteroatoms. The van der Waals surface area contributed by atoms with E-state index in [0.717, 1.165) is 0 Å². The molecule has 0 aliphatic rings. The quantitative estimate of drug-likeness (QED) is 0.514. The first-order valence-corrected chi connectivity index (χ1v) is 4.97. The lowest BCUT2D eigenvalue weighted by Gasteiger charge is -2.28. The number of carbonyl (C=O) groups excluding carboxylic acids is 1. The van der Waals surface area contributed by atoms with Gasteiger partial charge in [0.2, 0.25) is 5.79 Å². The van der Waals surface area contributed by atoms with E-state index < -0.39 is 24.4 Å². The molecule has 0 saturated carbocycles. The summed E-state index contributed by atoms with van der Waals surface area (Å²) in [5, 5.41) is 9.91. The number of esters is 1. The lowest BCUT2D eigenvalue weighted by Crippen LogP contribution is -2.36. The van der Waals surface area contributed by atoms with Crippen LogP contribution in [0.1, 0.15) is 12.0 Å². The van der Waals surface area contributed by atoms with Crippen molar-refractivity contribution in [3.8, 4) is 0 Å². The number of hydrogen-bond donors (Lipinski definition) is 1. The fourth-order valence-corrected chi connectivity index (χ4v) is 1.38. The van der Waals surface area contributed by atoms with Crippen molar-refractivity contribution in [2.45, 2.75) is 18.4 Å². The van der Waals surface area contributed by atoms with E-state index in [2.05, 4.69) is 11.3 Å². The second-order valence-electron chi connectivity index (χ2n) is 3.57. The molecule has 0 spiro atoms. The molecule has 1 N–H and O–H groups in total. The van der Waals surface area contributed by atoms with Gasteiger partial charge >= 0.3 is 12.1 Å². The van der Waals surface area contributed by atoms with Crippen molar-refractivity contribution in [3.05, 3.63) is 48.6 Å². The van der Waals surface area contributed by atoms with Crippen LogP contribution in [0.15, 0.2) is 43.0 Å². The lowest BCUT2D eigenvalue weighted by atomic mass is 10.0. The molecule has 0 aromatic heterocycles. The van der Waals surface area contributed by atoms with E-state index in [1.807, 2.05) is 0 Å². The normalized spacial score (nSPS) is 14.7. The molecule has 98 valence electrons. The molecule has 0 aliphatic carbocycles. The summed E-state index contributed by atoms with van der Waals surface area (Å²) in [4.78, 5) is 11.0. The van der Waals surface area contributed by atoms with Gasteiger partial charge in [0.15, 0.2) is 0 Å². The van der Waals surface area contributed by atoms with Gasteiger partial charge in [-0.25, -0.2) is 4.79 Å².